The number of carbonyl (C=O) groups is 3. The number of esters is 1. The molecule has 3 aliphatic heterocycles. The Balaban J connectivity index is 1.54. The number of hydrogen-bond acceptors (Lipinski definition) is 7. The van der Waals surface area contributed by atoms with E-state index in [1.165, 1.54) is 18.9 Å². The minimum atomic E-state index is -1.36. The summed E-state index contributed by atoms with van der Waals surface area (Å²) in [5.74, 6) is 0.462. The lowest BCUT2D eigenvalue weighted by molar-refractivity contribution is -0.124. The summed E-state index contributed by atoms with van der Waals surface area (Å²) >= 11 is 1.28. The molecule has 0 radical (unpaired) electrons. The number of nitrogens with zero attached hydrogens (tertiary/aromatic N) is 2. The van der Waals surface area contributed by atoms with Crippen LogP contribution in [-0.4, -0.2) is 43.3 Å². The zero-order valence-electron chi connectivity index (χ0n) is 22.8. The molecule has 3 aliphatic rings. The lowest BCUT2D eigenvalue weighted by atomic mass is 9.89. The Labute approximate surface area is 236 Å². The summed E-state index contributed by atoms with van der Waals surface area (Å²) in [7, 11) is 3.07. The number of amides is 2. The standard InChI is InChI=1S/C31H28N2O6S/c1-18-16-30(2,3)33-27-23(18)14-21(39-28(35)22-8-6-7-9-25(22)38-5)15-24(27)31(29(33)36)32(26(34)17-40-31)19-10-12-20(37-4)13-11-19/h6-16H,17H2,1-5H3/t31-/m0/s1. The summed E-state index contributed by atoms with van der Waals surface area (Å²) in [5, 5.41) is 0. The van der Waals surface area contributed by atoms with Gasteiger partial charge in [-0.3, -0.25) is 19.4 Å². The lowest BCUT2D eigenvalue weighted by Gasteiger charge is -2.40. The van der Waals surface area contributed by atoms with Crippen LogP contribution in [0.25, 0.3) is 5.57 Å². The Morgan fingerprint density at radius 3 is 2.35 bits per heavy atom. The van der Waals surface area contributed by atoms with Crippen LogP contribution < -0.4 is 24.0 Å². The zero-order chi connectivity index (χ0) is 28.4. The molecule has 3 heterocycles. The van der Waals surface area contributed by atoms with Gasteiger partial charge >= 0.3 is 5.97 Å². The second kappa shape index (κ2) is 9.16. The summed E-state index contributed by atoms with van der Waals surface area (Å²) < 4.78 is 16.6. The van der Waals surface area contributed by atoms with Gasteiger partial charge in [-0.1, -0.05) is 18.2 Å². The monoisotopic (exact) mass is 556 g/mol. The number of rotatable bonds is 5. The molecule has 0 saturated carbocycles. The van der Waals surface area contributed by atoms with Gasteiger partial charge < -0.3 is 14.2 Å². The maximum absolute atomic E-state index is 14.5. The predicted octanol–water partition coefficient (Wildman–Crippen LogP) is 5.40. The van der Waals surface area contributed by atoms with Crippen molar-refractivity contribution >= 4 is 46.5 Å². The van der Waals surface area contributed by atoms with E-state index in [9.17, 15) is 14.4 Å². The third-order valence-corrected chi connectivity index (χ3v) is 8.96. The molecule has 0 N–H and O–H groups in total. The smallest absolute Gasteiger partial charge is 0.347 e. The van der Waals surface area contributed by atoms with Crippen molar-refractivity contribution in [3.8, 4) is 17.2 Å². The van der Waals surface area contributed by atoms with E-state index in [0.29, 0.717) is 22.7 Å². The summed E-state index contributed by atoms with van der Waals surface area (Å²) in [6.07, 6.45) is 2.03. The molecule has 0 bridgehead atoms. The highest BCUT2D eigenvalue weighted by Gasteiger charge is 2.64. The fraction of sp³-hybridized carbons (Fsp3) is 0.258. The van der Waals surface area contributed by atoms with E-state index in [2.05, 4.69) is 0 Å². The van der Waals surface area contributed by atoms with Gasteiger partial charge in [0.1, 0.15) is 22.8 Å². The first kappa shape index (κ1) is 26.0. The molecule has 6 rings (SSSR count). The van der Waals surface area contributed by atoms with Gasteiger partial charge in [-0.2, -0.15) is 0 Å². The van der Waals surface area contributed by atoms with Crippen molar-refractivity contribution in [2.75, 3.05) is 29.8 Å². The number of allylic oxidation sites excluding steroid dienone is 1. The van der Waals surface area contributed by atoms with Crippen LogP contribution in [0.5, 0.6) is 17.2 Å². The summed E-state index contributed by atoms with van der Waals surface area (Å²) in [6.45, 7) is 5.94. The van der Waals surface area contributed by atoms with E-state index in [1.54, 1.807) is 77.6 Å². The Morgan fingerprint density at radius 1 is 0.925 bits per heavy atom. The number of thioether (sulfide) groups is 1. The van der Waals surface area contributed by atoms with Crippen molar-refractivity contribution in [1.82, 2.24) is 0 Å². The average molecular weight is 557 g/mol. The van der Waals surface area contributed by atoms with Crippen LogP contribution >= 0.6 is 11.8 Å². The number of hydrogen-bond donors (Lipinski definition) is 0. The molecule has 1 atom stereocenters. The van der Waals surface area contributed by atoms with Crippen molar-refractivity contribution in [2.24, 2.45) is 0 Å². The summed E-state index contributed by atoms with van der Waals surface area (Å²) in [5.41, 5.74) is 3.29. The number of carbonyl (C=O) groups excluding carboxylic acids is 3. The molecule has 2 amide bonds. The quantitative estimate of drug-likeness (QED) is 0.307. The third kappa shape index (κ3) is 3.64. The maximum atomic E-state index is 14.5. The highest BCUT2D eigenvalue weighted by atomic mass is 32.2. The predicted molar refractivity (Wildman–Crippen MR) is 154 cm³/mol. The number of methoxy groups -OCH3 is 2. The molecule has 9 heteroatoms. The van der Waals surface area contributed by atoms with Gasteiger partial charge in [-0.05, 0) is 74.9 Å². The molecule has 8 nitrogen and oxygen atoms in total. The van der Waals surface area contributed by atoms with Crippen molar-refractivity contribution in [1.29, 1.82) is 0 Å². The van der Waals surface area contributed by atoms with Gasteiger partial charge in [0, 0.05) is 16.8 Å². The van der Waals surface area contributed by atoms with E-state index in [-0.39, 0.29) is 28.9 Å². The highest BCUT2D eigenvalue weighted by molar-refractivity contribution is 8.02. The van der Waals surface area contributed by atoms with Crippen LogP contribution in [0.2, 0.25) is 0 Å². The Hall–Kier alpha value is -4.24. The summed E-state index contributed by atoms with van der Waals surface area (Å²) in [6, 6.07) is 17.4. The van der Waals surface area contributed by atoms with Gasteiger partial charge in [-0.15, -0.1) is 11.8 Å². The number of para-hydroxylation sites is 1. The average Bonchev–Trinajstić information content (AvgIpc) is 3.42. The van der Waals surface area contributed by atoms with Crippen molar-refractivity contribution < 1.29 is 28.6 Å². The Kier molecular flexibility index (Phi) is 5.96. The van der Waals surface area contributed by atoms with Crippen LogP contribution in [0.1, 0.15) is 42.3 Å². The largest absolute Gasteiger partial charge is 0.497 e. The highest BCUT2D eigenvalue weighted by Crippen LogP contribution is 2.61. The second-order valence-electron chi connectivity index (χ2n) is 10.4. The normalized spacial score (nSPS) is 20.5. The number of anilines is 2. The first-order valence-corrected chi connectivity index (χ1v) is 13.8. The van der Waals surface area contributed by atoms with Gasteiger partial charge in [0.2, 0.25) is 10.8 Å². The van der Waals surface area contributed by atoms with Crippen LogP contribution in [0.3, 0.4) is 0 Å². The Bertz CT molecular complexity index is 1610. The number of benzene rings is 3. The molecule has 40 heavy (non-hydrogen) atoms. The first-order chi connectivity index (χ1) is 19.1. The molecule has 0 unspecified atom stereocenters. The van der Waals surface area contributed by atoms with E-state index < -0.39 is 16.4 Å². The molecule has 204 valence electrons. The fourth-order valence-electron chi connectivity index (χ4n) is 5.92. The molecule has 1 saturated heterocycles. The van der Waals surface area contributed by atoms with Crippen molar-refractivity contribution in [3.63, 3.8) is 0 Å². The molecular formula is C31H28N2O6S. The first-order valence-electron chi connectivity index (χ1n) is 12.8. The van der Waals surface area contributed by atoms with E-state index in [4.69, 9.17) is 14.2 Å². The van der Waals surface area contributed by atoms with Gasteiger partial charge in [0.25, 0.3) is 5.91 Å². The third-order valence-electron chi connectivity index (χ3n) is 7.57. The molecule has 0 aromatic heterocycles. The topological polar surface area (TPSA) is 85.4 Å². The molecule has 1 fully saturated rings. The fourth-order valence-corrected chi connectivity index (χ4v) is 7.24. The Morgan fingerprint density at radius 2 is 1.65 bits per heavy atom. The van der Waals surface area contributed by atoms with Gasteiger partial charge in [0.05, 0.1) is 31.2 Å². The van der Waals surface area contributed by atoms with Crippen molar-refractivity contribution in [2.45, 2.75) is 31.2 Å². The van der Waals surface area contributed by atoms with Gasteiger partial charge in [0.15, 0.2) is 0 Å². The zero-order valence-corrected chi connectivity index (χ0v) is 23.6. The van der Waals surface area contributed by atoms with Gasteiger partial charge in [-0.25, -0.2) is 4.79 Å². The van der Waals surface area contributed by atoms with Crippen LogP contribution in [0.15, 0.2) is 66.7 Å². The van der Waals surface area contributed by atoms with Crippen LogP contribution in [0.4, 0.5) is 11.4 Å². The number of ether oxygens (including phenoxy) is 3. The molecule has 3 aromatic rings. The van der Waals surface area contributed by atoms with Crippen LogP contribution in [0, 0.1) is 0 Å². The molecule has 3 aromatic carbocycles. The van der Waals surface area contributed by atoms with E-state index in [1.807, 2.05) is 26.8 Å². The SMILES string of the molecule is COc1ccc(N2C(=O)CS[C@@]23C(=O)N2c4c(cc(OC(=O)c5ccccc5OC)cc43)C(C)=CC2(C)C)cc1. The van der Waals surface area contributed by atoms with E-state index in [0.717, 1.165) is 16.8 Å². The molecule has 1 spiro atoms. The maximum Gasteiger partial charge on any atom is 0.347 e. The molecular weight excluding hydrogens is 528 g/mol. The van der Waals surface area contributed by atoms with E-state index >= 15 is 0 Å². The minimum absolute atomic E-state index is 0.123. The summed E-state index contributed by atoms with van der Waals surface area (Å²) in [4.78, 5) is 43.3. The van der Waals surface area contributed by atoms with Crippen LogP contribution in [-0.2, 0) is 14.5 Å². The molecule has 0 aliphatic carbocycles. The number of fused-ring (bicyclic) bond motifs is 1. The lowest BCUT2D eigenvalue weighted by Crippen LogP contribution is -2.54. The minimum Gasteiger partial charge on any atom is -0.497 e. The van der Waals surface area contributed by atoms with Crippen molar-refractivity contribution in [3.05, 3.63) is 83.4 Å². The second-order valence-corrected chi connectivity index (χ2v) is 11.6.